The minimum Gasteiger partial charge on any atom is -0.269 e. The maximum absolute atomic E-state index is 11.6. The van der Waals surface area contributed by atoms with Crippen LogP contribution in [0.2, 0.25) is 0 Å². The zero-order valence-corrected chi connectivity index (χ0v) is 10.2. The second-order valence-corrected chi connectivity index (χ2v) is 4.10. The maximum Gasteiger partial charge on any atom is 0.258 e. The predicted octanol–water partition coefficient (Wildman–Crippen LogP) is 0.648. The van der Waals surface area contributed by atoms with E-state index in [0.29, 0.717) is 11.4 Å². The van der Waals surface area contributed by atoms with Crippen LogP contribution in [0.1, 0.15) is 0 Å². The summed E-state index contributed by atoms with van der Waals surface area (Å²) in [5.41, 5.74) is 1.03. The maximum atomic E-state index is 11.6. The average Bonchev–Trinajstić information content (AvgIpc) is 2.96. The summed E-state index contributed by atoms with van der Waals surface area (Å²) < 4.78 is 1.34. The van der Waals surface area contributed by atoms with Crippen molar-refractivity contribution in [3.8, 4) is 5.69 Å². The lowest BCUT2D eigenvalue weighted by Crippen LogP contribution is -2.29. The molecule has 1 radical (unpaired) electrons. The molecule has 0 atom stereocenters. The Morgan fingerprint density at radius 2 is 1.74 bits per heavy atom. The first kappa shape index (κ1) is 11.5. The molecular formula is C11H6N5O2S. The lowest BCUT2D eigenvalue weighted by Gasteiger charge is -2.14. The topological polar surface area (TPSA) is 81.0 Å². The van der Waals surface area contributed by atoms with Gasteiger partial charge < -0.3 is 0 Å². The zero-order chi connectivity index (χ0) is 13.4. The summed E-state index contributed by atoms with van der Waals surface area (Å²) in [6.45, 7) is 0. The van der Waals surface area contributed by atoms with E-state index in [4.69, 9.17) is 12.6 Å². The fraction of sp³-hybridized carbons (Fsp3) is 0. The van der Waals surface area contributed by atoms with E-state index in [2.05, 4.69) is 15.5 Å². The summed E-state index contributed by atoms with van der Waals surface area (Å²) in [5.74, 6) is -0.755. The molecule has 0 bridgehead atoms. The van der Waals surface area contributed by atoms with Gasteiger partial charge in [0, 0.05) is 12.2 Å². The summed E-state index contributed by atoms with van der Waals surface area (Å²) in [4.78, 5) is 24.3. The first-order valence-corrected chi connectivity index (χ1v) is 5.69. The molecule has 0 N–H and O–H groups in total. The SMILES string of the molecule is O=C1C=CC(=O)N1c1cccc(-n2nnnc2[S])c1. The average molecular weight is 272 g/mol. The van der Waals surface area contributed by atoms with Crippen LogP contribution >= 0.6 is 12.6 Å². The van der Waals surface area contributed by atoms with Crippen LogP contribution in [0, 0.1) is 0 Å². The van der Waals surface area contributed by atoms with Crippen LogP contribution in [-0.2, 0) is 9.59 Å². The summed E-state index contributed by atoms with van der Waals surface area (Å²) >= 11 is 4.96. The minimum absolute atomic E-state index is 0.203. The van der Waals surface area contributed by atoms with Gasteiger partial charge in [0.05, 0.1) is 11.4 Å². The van der Waals surface area contributed by atoms with Gasteiger partial charge in [0.2, 0.25) is 5.16 Å². The van der Waals surface area contributed by atoms with Crippen molar-refractivity contribution in [2.45, 2.75) is 5.16 Å². The molecule has 93 valence electrons. The van der Waals surface area contributed by atoms with Gasteiger partial charge in [-0.05, 0) is 41.3 Å². The normalized spacial score (nSPS) is 14.4. The molecular weight excluding hydrogens is 266 g/mol. The first-order chi connectivity index (χ1) is 9.16. The quantitative estimate of drug-likeness (QED) is 0.750. The number of rotatable bonds is 2. The first-order valence-electron chi connectivity index (χ1n) is 5.29. The molecule has 1 aliphatic heterocycles. The Bertz CT molecular complexity index is 691. The van der Waals surface area contributed by atoms with E-state index < -0.39 is 0 Å². The highest BCUT2D eigenvalue weighted by atomic mass is 32.1. The number of tetrazole rings is 1. The molecule has 0 aliphatic carbocycles. The molecule has 1 aromatic heterocycles. The number of anilines is 1. The van der Waals surface area contributed by atoms with E-state index in [9.17, 15) is 9.59 Å². The van der Waals surface area contributed by atoms with Crippen LogP contribution in [0.25, 0.3) is 5.69 Å². The number of nitrogens with zero attached hydrogens (tertiary/aromatic N) is 5. The number of hydrogen-bond acceptors (Lipinski definition) is 5. The molecule has 8 heteroatoms. The Morgan fingerprint density at radius 1 is 1.05 bits per heavy atom. The highest BCUT2D eigenvalue weighted by Crippen LogP contribution is 2.22. The molecule has 0 fully saturated rings. The second kappa shape index (κ2) is 4.25. The van der Waals surface area contributed by atoms with Crippen LogP contribution in [0.5, 0.6) is 0 Å². The van der Waals surface area contributed by atoms with E-state index in [-0.39, 0.29) is 17.0 Å². The summed E-state index contributed by atoms with van der Waals surface area (Å²) in [7, 11) is 0. The van der Waals surface area contributed by atoms with Gasteiger partial charge in [0.1, 0.15) is 0 Å². The van der Waals surface area contributed by atoms with Crippen molar-refractivity contribution in [3.05, 3.63) is 36.4 Å². The number of imide groups is 1. The Balaban J connectivity index is 2.04. The lowest BCUT2D eigenvalue weighted by atomic mass is 10.2. The van der Waals surface area contributed by atoms with E-state index in [1.54, 1.807) is 24.3 Å². The van der Waals surface area contributed by atoms with Crippen LogP contribution in [0.4, 0.5) is 5.69 Å². The third-order valence-corrected chi connectivity index (χ3v) is 2.84. The molecule has 0 unspecified atom stereocenters. The molecule has 2 heterocycles. The minimum atomic E-state index is -0.377. The predicted molar refractivity (Wildman–Crippen MR) is 66.6 cm³/mol. The van der Waals surface area contributed by atoms with Gasteiger partial charge in [-0.15, -0.1) is 0 Å². The van der Waals surface area contributed by atoms with Gasteiger partial charge in [0.15, 0.2) is 0 Å². The van der Waals surface area contributed by atoms with Crippen LogP contribution < -0.4 is 4.90 Å². The molecule has 3 rings (SSSR count). The van der Waals surface area contributed by atoms with Crippen LogP contribution in [0.15, 0.2) is 41.6 Å². The molecule has 19 heavy (non-hydrogen) atoms. The van der Waals surface area contributed by atoms with Gasteiger partial charge in [-0.2, -0.15) is 4.68 Å². The smallest absolute Gasteiger partial charge is 0.258 e. The molecule has 7 nitrogen and oxygen atoms in total. The van der Waals surface area contributed by atoms with Crippen molar-refractivity contribution in [2.75, 3.05) is 4.90 Å². The third-order valence-electron chi connectivity index (χ3n) is 2.58. The van der Waals surface area contributed by atoms with Gasteiger partial charge >= 0.3 is 0 Å². The lowest BCUT2D eigenvalue weighted by molar-refractivity contribution is -0.119. The molecule has 1 aliphatic rings. The van der Waals surface area contributed by atoms with Crippen molar-refractivity contribution in [2.24, 2.45) is 0 Å². The van der Waals surface area contributed by atoms with Crippen molar-refractivity contribution in [1.29, 1.82) is 0 Å². The molecule has 2 aromatic rings. The van der Waals surface area contributed by atoms with Crippen molar-refractivity contribution < 1.29 is 9.59 Å². The highest BCUT2D eigenvalue weighted by molar-refractivity contribution is 7.80. The monoisotopic (exact) mass is 272 g/mol. The van der Waals surface area contributed by atoms with E-state index in [1.165, 1.54) is 16.8 Å². The number of carbonyl (C=O) groups excluding carboxylic acids is 2. The van der Waals surface area contributed by atoms with Crippen LogP contribution in [-0.4, -0.2) is 32.0 Å². The van der Waals surface area contributed by atoms with Crippen molar-refractivity contribution in [3.63, 3.8) is 0 Å². The van der Waals surface area contributed by atoms with E-state index in [0.717, 1.165) is 4.90 Å². The molecule has 0 spiro atoms. The van der Waals surface area contributed by atoms with E-state index >= 15 is 0 Å². The fourth-order valence-electron chi connectivity index (χ4n) is 1.76. The largest absolute Gasteiger partial charge is 0.269 e. The number of carbonyl (C=O) groups is 2. The number of amides is 2. The van der Waals surface area contributed by atoms with Gasteiger partial charge in [-0.1, -0.05) is 11.2 Å². The highest BCUT2D eigenvalue weighted by Gasteiger charge is 2.25. The third kappa shape index (κ3) is 1.87. The molecule has 2 amide bonds. The van der Waals surface area contributed by atoms with Crippen molar-refractivity contribution in [1.82, 2.24) is 20.2 Å². The summed E-state index contributed by atoms with van der Waals surface area (Å²) in [5, 5.41) is 11.0. The van der Waals surface area contributed by atoms with Gasteiger partial charge in [-0.25, -0.2) is 4.90 Å². The Labute approximate surface area is 112 Å². The van der Waals surface area contributed by atoms with Gasteiger partial charge in [-0.3, -0.25) is 9.59 Å². The Hall–Kier alpha value is -2.61. The van der Waals surface area contributed by atoms with Gasteiger partial charge in [0.25, 0.3) is 11.8 Å². The standard InChI is InChI=1S/C11H6N5O2S/c17-9-4-5-10(18)15(9)7-2-1-3-8(6-7)16-11(19)12-13-14-16/h1-6H. The van der Waals surface area contributed by atoms with E-state index in [1.807, 2.05) is 0 Å². The summed E-state index contributed by atoms with van der Waals surface area (Å²) in [6, 6.07) is 6.70. The zero-order valence-electron chi connectivity index (χ0n) is 9.42. The Kier molecular flexibility index (Phi) is 2.57. The molecule has 1 aromatic carbocycles. The number of benzene rings is 1. The summed E-state index contributed by atoms with van der Waals surface area (Å²) in [6.07, 6.45) is 2.45. The number of aromatic nitrogens is 4. The van der Waals surface area contributed by atoms with Crippen LogP contribution in [0.3, 0.4) is 0 Å². The number of hydrogen-bond donors (Lipinski definition) is 0. The molecule has 0 saturated heterocycles. The second-order valence-electron chi connectivity index (χ2n) is 3.74. The Morgan fingerprint density at radius 3 is 2.37 bits per heavy atom. The fourth-order valence-corrected chi connectivity index (χ4v) is 1.94. The molecule has 0 saturated carbocycles. The van der Waals surface area contributed by atoms with Crippen molar-refractivity contribution >= 4 is 30.1 Å².